The second-order valence-corrected chi connectivity index (χ2v) is 11.2. The van der Waals surface area contributed by atoms with Crippen molar-refractivity contribution in [2.75, 3.05) is 11.9 Å². The van der Waals surface area contributed by atoms with E-state index < -0.39 is 15.9 Å². The van der Waals surface area contributed by atoms with Crippen molar-refractivity contribution >= 4 is 49.1 Å². The molecule has 0 heterocycles. The summed E-state index contributed by atoms with van der Waals surface area (Å²) in [5.41, 5.74) is 4.22. The fourth-order valence-electron chi connectivity index (χ4n) is 3.53. The number of nitrogens with one attached hydrogen (secondary N) is 1. The maximum Gasteiger partial charge on any atom is 0.243 e. The van der Waals surface area contributed by atoms with Gasteiger partial charge in [-0.25, -0.2) is 8.42 Å². The highest BCUT2D eigenvalue weighted by Gasteiger charge is 2.27. The molecule has 5 nitrogen and oxygen atoms in total. The van der Waals surface area contributed by atoms with Crippen LogP contribution in [-0.4, -0.2) is 25.2 Å². The topological polar surface area (TPSA) is 66.5 Å². The van der Waals surface area contributed by atoms with E-state index in [9.17, 15) is 13.2 Å². The second-order valence-electron chi connectivity index (χ2n) is 7.87. The molecule has 8 heteroatoms. The maximum atomic E-state index is 13.5. The Bertz CT molecular complexity index is 1260. The third-order valence-electron chi connectivity index (χ3n) is 5.25. The second kappa shape index (κ2) is 10.8. The highest BCUT2D eigenvalue weighted by molar-refractivity contribution is 9.10. The number of anilines is 1. The molecule has 0 radical (unpaired) electrons. The van der Waals surface area contributed by atoms with Crippen LogP contribution in [0.4, 0.5) is 5.69 Å². The van der Waals surface area contributed by atoms with Gasteiger partial charge in [-0.2, -0.15) is 4.31 Å². The van der Waals surface area contributed by atoms with Crippen LogP contribution < -0.4 is 5.32 Å². The van der Waals surface area contributed by atoms with Gasteiger partial charge in [-0.05, 0) is 73.4 Å². The summed E-state index contributed by atoms with van der Waals surface area (Å²) in [7, 11) is -3.93. The molecule has 174 valence electrons. The summed E-state index contributed by atoms with van der Waals surface area (Å²) in [5, 5.41) is 3.43. The van der Waals surface area contributed by atoms with Crippen LogP contribution in [-0.2, 0) is 27.8 Å². The molecular weight excluding hydrogens is 524 g/mol. The molecule has 0 atom stereocenters. The number of carbonyl (C=O) groups is 1. The van der Waals surface area contributed by atoms with E-state index >= 15 is 0 Å². The van der Waals surface area contributed by atoms with E-state index in [0.717, 1.165) is 27.6 Å². The highest BCUT2D eigenvalue weighted by Crippen LogP contribution is 2.27. The molecule has 1 amide bonds. The molecule has 3 aromatic carbocycles. The van der Waals surface area contributed by atoms with Gasteiger partial charge in [0.1, 0.15) is 0 Å². The van der Waals surface area contributed by atoms with Crippen molar-refractivity contribution in [1.82, 2.24) is 4.31 Å². The summed E-state index contributed by atoms with van der Waals surface area (Å²) < 4.78 is 29.0. The Morgan fingerprint density at radius 3 is 2.39 bits per heavy atom. The number of rotatable bonds is 8. The molecular formula is C25H26BrClN2O3S. The van der Waals surface area contributed by atoms with Crippen LogP contribution in [0.25, 0.3) is 0 Å². The summed E-state index contributed by atoms with van der Waals surface area (Å²) in [4.78, 5) is 13.2. The minimum absolute atomic E-state index is 0.0180. The maximum absolute atomic E-state index is 13.5. The largest absolute Gasteiger partial charge is 0.324 e. The number of carbonyl (C=O) groups excluding carboxylic acids is 1. The predicted octanol–water partition coefficient (Wildman–Crippen LogP) is 6.11. The fourth-order valence-corrected chi connectivity index (χ4v) is 5.75. The Kier molecular flexibility index (Phi) is 8.34. The van der Waals surface area contributed by atoms with Crippen LogP contribution in [0, 0.1) is 13.8 Å². The van der Waals surface area contributed by atoms with E-state index in [2.05, 4.69) is 21.2 Å². The lowest BCUT2D eigenvalue weighted by Gasteiger charge is -2.23. The molecule has 0 bridgehead atoms. The van der Waals surface area contributed by atoms with E-state index in [-0.39, 0.29) is 18.0 Å². The Balaban J connectivity index is 1.93. The molecule has 0 saturated heterocycles. The summed E-state index contributed by atoms with van der Waals surface area (Å²) in [6, 6.07) is 17.4. The lowest BCUT2D eigenvalue weighted by Crippen LogP contribution is -2.37. The summed E-state index contributed by atoms with van der Waals surface area (Å²) in [6.45, 7) is 5.49. The van der Waals surface area contributed by atoms with Crippen LogP contribution in [0.1, 0.15) is 29.2 Å². The number of aryl methyl sites for hydroxylation is 3. The van der Waals surface area contributed by atoms with Gasteiger partial charge in [0.25, 0.3) is 0 Å². The average molecular weight is 550 g/mol. The predicted molar refractivity (Wildman–Crippen MR) is 137 cm³/mol. The van der Waals surface area contributed by atoms with Gasteiger partial charge in [-0.15, -0.1) is 0 Å². The number of halogens is 2. The van der Waals surface area contributed by atoms with E-state index in [0.29, 0.717) is 16.3 Å². The van der Waals surface area contributed by atoms with Gasteiger partial charge >= 0.3 is 0 Å². The Morgan fingerprint density at radius 2 is 1.76 bits per heavy atom. The SMILES string of the molecule is CCc1cc(Br)cc(C)c1NC(=O)CN(Cc1cccc(Cl)c1)S(=O)(=O)c1ccc(C)cc1. The lowest BCUT2D eigenvalue weighted by atomic mass is 10.1. The summed E-state index contributed by atoms with van der Waals surface area (Å²) >= 11 is 9.59. The van der Waals surface area contributed by atoms with Gasteiger partial charge < -0.3 is 5.32 Å². The van der Waals surface area contributed by atoms with Gasteiger partial charge in [-0.1, -0.05) is 64.3 Å². The van der Waals surface area contributed by atoms with Crippen LogP contribution >= 0.6 is 27.5 Å². The third kappa shape index (κ3) is 6.44. The zero-order chi connectivity index (χ0) is 24.2. The van der Waals surface area contributed by atoms with E-state index in [1.165, 1.54) is 4.31 Å². The Hall–Kier alpha value is -2.19. The van der Waals surface area contributed by atoms with Crippen molar-refractivity contribution in [2.45, 2.75) is 38.6 Å². The van der Waals surface area contributed by atoms with Crippen molar-refractivity contribution in [3.63, 3.8) is 0 Å². The first-order valence-corrected chi connectivity index (χ1v) is 13.1. The van der Waals surface area contributed by atoms with Crippen molar-refractivity contribution in [3.8, 4) is 0 Å². The third-order valence-corrected chi connectivity index (χ3v) is 7.75. The summed E-state index contributed by atoms with van der Waals surface area (Å²) in [5.74, 6) is -0.409. The molecule has 0 aliphatic rings. The average Bonchev–Trinajstić information content (AvgIpc) is 2.75. The number of nitrogens with zero attached hydrogens (tertiary/aromatic N) is 1. The molecule has 0 spiro atoms. The summed E-state index contributed by atoms with van der Waals surface area (Å²) in [6.07, 6.45) is 0.726. The smallest absolute Gasteiger partial charge is 0.243 e. The lowest BCUT2D eigenvalue weighted by molar-refractivity contribution is -0.116. The number of amides is 1. The molecule has 0 aliphatic carbocycles. The molecule has 33 heavy (non-hydrogen) atoms. The van der Waals surface area contributed by atoms with Crippen molar-refractivity contribution in [2.24, 2.45) is 0 Å². The first-order chi connectivity index (χ1) is 15.6. The normalized spacial score (nSPS) is 11.6. The standard InChI is InChI=1S/C25H26BrClN2O3S/c1-4-20-14-21(26)12-18(3)25(20)28-24(30)16-29(15-19-6-5-7-22(27)13-19)33(31,32)23-10-8-17(2)9-11-23/h5-14H,4,15-16H2,1-3H3,(H,28,30). The van der Waals surface area contributed by atoms with E-state index in [1.54, 1.807) is 48.5 Å². The molecule has 0 unspecified atom stereocenters. The monoisotopic (exact) mass is 548 g/mol. The van der Waals surface area contributed by atoms with Crippen molar-refractivity contribution < 1.29 is 13.2 Å². The minimum atomic E-state index is -3.93. The molecule has 3 rings (SSSR count). The van der Waals surface area contributed by atoms with Crippen molar-refractivity contribution in [3.05, 3.63) is 92.4 Å². The number of benzene rings is 3. The first kappa shape index (κ1) is 25.4. The zero-order valence-electron chi connectivity index (χ0n) is 18.7. The van der Waals surface area contributed by atoms with E-state index in [4.69, 9.17) is 11.6 Å². The van der Waals surface area contributed by atoms with Crippen LogP contribution in [0.5, 0.6) is 0 Å². The zero-order valence-corrected chi connectivity index (χ0v) is 21.9. The van der Waals surface area contributed by atoms with Crippen LogP contribution in [0.3, 0.4) is 0 Å². The van der Waals surface area contributed by atoms with Crippen molar-refractivity contribution in [1.29, 1.82) is 0 Å². The molecule has 0 aliphatic heterocycles. The fraction of sp³-hybridized carbons (Fsp3) is 0.240. The van der Waals surface area contributed by atoms with Crippen LogP contribution in [0.2, 0.25) is 5.02 Å². The van der Waals surface area contributed by atoms with Gasteiger partial charge in [-0.3, -0.25) is 4.79 Å². The highest BCUT2D eigenvalue weighted by atomic mass is 79.9. The van der Waals surface area contributed by atoms with Gasteiger partial charge in [0, 0.05) is 21.7 Å². The van der Waals surface area contributed by atoms with E-state index in [1.807, 2.05) is 32.9 Å². The quantitative estimate of drug-likeness (QED) is 0.369. The molecule has 0 saturated carbocycles. The first-order valence-electron chi connectivity index (χ1n) is 10.5. The minimum Gasteiger partial charge on any atom is -0.324 e. The molecule has 1 N–H and O–H groups in total. The van der Waals surface area contributed by atoms with Gasteiger partial charge in [0.2, 0.25) is 15.9 Å². The van der Waals surface area contributed by atoms with Gasteiger partial charge in [0.15, 0.2) is 0 Å². The Labute approximate surface area is 209 Å². The van der Waals surface area contributed by atoms with Gasteiger partial charge in [0.05, 0.1) is 11.4 Å². The molecule has 0 aromatic heterocycles. The number of hydrogen-bond acceptors (Lipinski definition) is 3. The number of hydrogen-bond donors (Lipinski definition) is 1. The molecule has 3 aromatic rings. The molecule has 0 fully saturated rings. The van der Waals surface area contributed by atoms with Crippen LogP contribution in [0.15, 0.2) is 70.0 Å². The number of sulfonamides is 1. The Morgan fingerprint density at radius 1 is 1.06 bits per heavy atom.